The summed E-state index contributed by atoms with van der Waals surface area (Å²) >= 11 is 0. The summed E-state index contributed by atoms with van der Waals surface area (Å²) in [5.41, 5.74) is 0.188. The van der Waals surface area contributed by atoms with Crippen LogP contribution in [0, 0.1) is 0 Å². The van der Waals surface area contributed by atoms with Crippen molar-refractivity contribution in [2.45, 2.75) is 25.0 Å². The minimum Gasteiger partial charge on any atom is -0.316 e. The van der Waals surface area contributed by atoms with Crippen LogP contribution in [0.15, 0.2) is 0 Å². The van der Waals surface area contributed by atoms with Gasteiger partial charge in [-0.15, -0.1) is 0 Å². The molecule has 100 valence electrons. The Morgan fingerprint density at radius 2 is 1.56 bits per heavy atom. The van der Waals surface area contributed by atoms with Crippen LogP contribution in [0.4, 0.5) is 13.2 Å². The highest BCUT2D eigenvalue weighted by Gasteiger charge is 2.44. The van der Waals surface area contributed by atoms with Gasteiger partial charge in [-0.3, -0.25) is 10.3 Å². The van der Waals surface area contributed by atoms with E-state index in [0.29, 0.717) is 0 Å². The molecule has 0 aromatic carbocycles. The Morgan fingerprint density at radius 3 is 1.56 bits per heavy atom. The highest BCUT2D eigenvalue weighted by molar-refractivity contribution is 7.86. The van der Waals surface area contributed by atoms with Crippen molar-refractivity contribution in [1.29, 1.82) is 0 Å². The average Bonchev–Trinajstić information content (AvgIpc) is 1.98. The molecular weight excluding hydrogens is 249 g/mol. The molecule has 5 nitrogen and oxygen atoms in total. The summed E-state index contributed by atoms with van der Waals surface area (Å²) in [6, 6.07) is 0. The van der Waals surface area contributed by atoms with E-state index in [1.807, 2.05) is 0 Å². The quantitative estimate of drug-likeness (QED) is 0.335. The lowest BCUT2D eigenvalue weighted by atomic mass is 10.3. The molecule has 0 bridgehead atoms. The van der Waals surface area contributed by atoms with Gasteiger partial charge in [0.15, 0.2) is 0 Å². The molecule has 0 aromatic rings. The molecule has 9 heteroatoms. The zero-order valence-corrected chi connectivity index (χ0v) is 10.4. The Hall–Kier alpha value is -0.380. The van der Waals surface area contributed by atoms with Crippen molar-refractivity contribution in [3.05, 3.63) is 0 Å². The van der Waals surface area contributed by atoms with Crippen LogP contribution in [0.5, 0.6) is 0 Å². The van der Waals surface area contributed by atoms with Gasteiger partial charge in [-0.1, -0.05) is 6.92 Å². The zero-order valence-electron chi connectivity index (χ0n) is 9.61. The number of halogens is 3. The van der Waals surface area contributed by atoms with Gasteiger partial charge in [0.1, 0.15) is 6.17 Å². The summed E-state index contributed by atoms with van der Waals surface area (Å²) in [6.07, 6.45) is 1.33. The van der Waals surface area contributed by atoms with E-state index in [0.717, 1.165) is 10.9 Å². The fourth-order valence-corrected chi connectivity index (χ4v) is 0.548. The van der Waals surface area contributed by atoms with E-state index in [2.05, 4.69) is 28.1 Å². The van der Waals surface area contributed by atoms with Crippen molar-refractivity contribution in [2.75, 3.05) is 21.1 Å². The molecular formula is C7H18F3N2O3S+. The summed E-state index contributed by atoms with van der Waals surface area (Å²) in [4.78, 5) is 0. The van der Waals surface area contributed by atoms with Crippen molar-refractivity contribution in [2.24, 2.45) is 5.73 Å². The number of alkyl halides is 3. The molecule has 0 heterocycles. The Labute approximate surface area is 93.4 Å². The Kier molecular flexibility index (Phi) is 6.53. The van der Waals surface area contributed by atoms with E-state index in [1.54, 1.807) is 0 Å². The molecule has 0 amide bonds. The molecule has 3 N–H and O–H groups in total. The number of hydrogen-bond donors (Lipinski definition) is 2. The standard InChI is InChI=1S/C6H17N2.CHF3O3S/c1-5-6(7)8(2,3)4;2-1(3,4)8(5,6)7/h6H,5,7H2,1-4H3;(H,5,6,7)/q+1;. The number of rotatable bonds is 2. The Morgan fingerprint density at radius 1 is 1.31 bits per heavy atom. The predicted molar refractivity (Wildman–Crippen MR) is 53.9 cm³/mol. The summed E-state index contributed by atoms with van der Waals surface area (Å²) in [5.74, 6) is 0. The molecule has 16 heavy (non-hydrogen) atoms. The molecule has 0 spiro atoms. The SMILES string of the molecule is CCC(N)[N+](C)(C)C.O=S(=O)(O)C(F)(F)F. The van der Waals surface area contributed by atoms with Crippen LogP contribution in [-0.2, 0) is 10.1 Å². The van der Waals surface area contributed by atoms with Gasteiger partial charge in [0.25, 0.3) is 0 Å². The monoisotopic (exact) mass is 267 g/mol. The molecule has 0 rings (SSSR count). The van der Waals surface area contributed by atoms with Crippen molar-refractivity contribution >= 4 is 10.1 Å². The van der Waals surface area contributed by atoms with Crippen LogP contribution in [0.1, 0.15) is 13.3 Å². The molecule has 0 aliphatic rings. The third kappa shape index (κ3) is 7.85. The van der Waals surface area contributed by atoms with Crippen LogP contribution in [-0.4, -0.2) is 50.3 Å². The second-order valence-electron chi connectivity index (χ2n) is 4.01. The predicted octanol–water partition coefficient (Wildman–Crippen LogP) is 0.781. The first-order valence-electron chi connectivity index (χ1n) is 4.34. The van der Waals surface area contributed by atoms with Gasteiger partial charge in [-0.25, -0.2) is 0 Å². The highest BCUT2D eigenvalue weighted by atomic mass is 32.2. The lowest BCUT2D eigenvalue weighted by Crippen LogP contribution is -2.50. The average molecular weight is 267 g/mol. The van der Waals surface area contributed by atoms with E-state index >= 15 is 0 Å². The van der Waals surface area contributed by atoms with Crippen LogP contribution < -0.4 is 5.73 Å². The topological polar surface area (TPSA) is 80.4 Å². The van der Waals surface area contributed by atoms with Crippen molar-refractivity contribution in [3.8, 4) is 0 Å². The van der Waals surface area contributed by atoms with Crippen LogP contribution in [0.3, 0.4) is 0 Å². The van der Waals surface area contributed by atoms with Crippen molar-refractivity contribution < 1.29 is 30.6 Å². The van der Waals surface area contributed by atoms with Crippen LogP contribution >= 0.6 is 0 Å². The summed E-state index contributed by atoms with van der Waals surface area (Å²) in [5, 5.41) is 0. The lowest BCUT2D eigenvalue weighted by Gasteiger charge is -2.30. The van der Waals surface area contributed by atoms with Gasteiger partial charge in [-0.2, -0.15) is 21.6 Å². The molecule has 0 fully saturated rings. The maximum atomic E-state index is 10.7. The second kappa shape index (κ2) is 5.80. The first-order valence-corrected chi connectivity index (χ1v) is 5.78. The minimum atomic E-state index is -5.84. The van der Waals surface area contributed by atoms with Crippen molar-refractivity contribution in [3.63, 3.8) is 0 Å². The number of nitrogens with two attached hydrogens (primary N) is 1. The van der Waals surface area contributed by atoms with Gasteiger partial charge in [0.05, 0.1) is 21.1 Å². The van der Waals surface area contributed by atoms with Gasteiger partial charge < -0.3 is 4.48 Å². The van der Waals surface area contributed by atoms with Crippen LogP contribution in [0.25, 0.3) is 0 Å². The third-order valence-corrected chi connectivity index (χ3v) is 2.29. The molecule has 0 radical (unpaired) electrons. The zero-order chi connectivity index (χ0) is 13.8. The molecule has 0 aliphatic carbocycles. The van der Waals surface area contributed by atoms with Gasteiger partial charge in [-0.05, 0) is 0 Å². The van der Waals surface area contributed by atoms with Crippen LogP contribution in [0.2, 0.25) is 0 Å². The van der Waals surface area contributed by atoms with E-state index in [4.69, 9.17) is 18.7 Å². The molecule has 0 aliphatic heterocycles. The van der Waals surface area contributed by atoms with E-state index in [9.17, 15) is 13.2 Å². The Bertz CT molecular complexity index is 295. The van der Waals surface area contributed by atoms with E-state index < -0.39 is 15.6 Å². The number of nitrogens with zero attached hydrogens (tertiary/aromatic N) is 1. The summed E-state index contributed by atoms with van der Waals surface area (Å²) in [6.45, 7) is 2.11. The fourth-order valence-electron chi connectivity index (χ4n) is 0.548. The second-order valence-corrected chi connectivity index (χ2v) is 5.43. The normalized spacial score (nSPS) is 15.1. The maximum absolute atomic E-state index is 10.7. The van der Waals surface area contributed by atoms with E-state index in [1.165, 1.54) is 0 Å². The lowest BCUT2D eigenvalue weighted by molar-refractivity contribution is -0.895. The van der Waals surface area contributed by atoms with Crippen molar-refractivity contribution in [1.82, 2.24) is 0 Å². The molecule has 1 unspecified atom stereocenters. The first kappa shape index (κ1) is 18.0. The number of hydrogen-bond acceptors (Lipinski definition) is 3. The summed E-state index contributed by atoms with van der Waals surface area (Å²) in [7, 11) is 0.476. The Balaban J connectivity index is 0. The smallest absolute Gasteiger partial charge is 0.316 e. The van der Waals surface area contributed by atoms with E-state index in [-0.39, 0.29) is 6.17 Å². The fraction of sp³-hybridized carbons (Fsp3) is 1.00. The molecule has 0 saturated heterocycles. The minimum absolute atomic E-state index is 0.287. The summed E-state index contributed by atoms with van der Waals surface area (Å²) < 4.78 is 58.4. The largest absolute Gasteiger partial charge is 0.522 e. The maximum Gasteiger partial charge on any atom is 0.522 e. The number of quaternary nitrogens is 1. The van der Waals surface area contributed by atoms with Gasteiger partial charge in [0, 0.05) is 6.42 Å². The van der Waals surface area contributed by atoms with Gasteiger partial charge >= 0.3 is 15.6 Å². The third-order valence-electron chi connectivity index (χ3n) is 1.71. The molecule has 1 atom stereocenters. The molecule has 0 aromatic heterocycles. The first-order chi connectivity index (χ1) is 6.73. The molecule has 0 saturated carbocycles. The van der Waals surface area contributed by atoms with Gasteiger partial charge in [0.2, 0.25) is 0 Å². The highest BCUT2D eigenvalue weighted by Crippen LogP contribution is 2.20.